The SMILES string of the molecule is C[C@H]1Cc2c(Br)cccc2N1C(=O)Cc1nc(N2CCOCC2)c(F)c(=O)[nH]1. The van der Waals surface area contributed by atoms with Crippen molar-refractivity contribution in [3.05, 3.63) is 50.2 Å². The molecule has 1 amide bonds. The summed E-state index contributed by atoms with van der Waals surface area (Å²) in [6.07, 6.45) is 0.637. The van der Waals surface area contributed by atoms with Crippen molar-refractivity contribution in [1.29, 1.82) is 0 Å². The number of morpholine rings is 1. The van der Waals surface area contributed by atoms with E-state index in [9.17, 15) is 14.0 Å². The highest BCUT2D eigenvalue weighted by Gasteiger charge is 2.32. The minimum atomic E-state index is -0.929. The van der Waals surface area contributed by atoms with Crippen LogP contribution in [0.1, 0.15) is 18.3 Å². The predicted molar refractivity (Wildman–Crippen MR) is 106 cm³/mol. The first-order valence-electron chi connectivity index (χ1n) is 9.16. The number of rotatable bonds is 3. The number of carbonyl (C=O) groups excluding carboxylic acids is 1. The molecule has 0 spiro atoms. The number of amides is 1. The average Bonchev–Trinajstić information content (AvgIpc) is 3.02. The van der Waals surface area contributed by atoms with Gasteiger partial charge in [0.05, 0.1) is 19.6 Å². The molecule has 0 aliphatic carbocycles. The third kappa shape index (κ3) is 3.44. The van der Waals surface area contributed by atoms with E-state index in [4.69, 9.17) is 4.74 Å². The molecule has 2 aliphatic rings. The van der Waals surface area contributed by atoms with E-state index >= 15 is 0 Å². The zero-order valence-electron chi connectivity index (χ0n) is 15.4. The van der Waals surface area contributed by atoms with Crippen molar-refractivity contribution in [3.63, 3.8) is 0 Å². The van der Waals surface area contributed by atoms with E-state index in [1.807, 2.05) is 25.1 Å². The van der Waals surface area contributed by atoms with E-state index in [0.29, 0.717) is 26.3 Å². The fourth-order valence-electron chi connectivity index (χ4n) is 3.77. The van der Waals surface area contributed by atoms with Gasteiger partial charge >= 0.3 is 0 Å². The lowest BCUT2D eigenvalue weighted by Crippen LogP contribution is -2.40. The smallest absolute Gasteiger partial charge is 0.289 e. The van der Waals surface area contributed by atoms with Crippen molar-refractivity contribution in [3.8, 4) is 0 Å². The lowest BCUT2D eigenvalue weighted by atomic mass is 10.1. The molecule has 1 aromatic carbocycles. The van der Waals surface area contributed by atoms with E-state index in [0.717, 1.165) is 22.1 Å². The quantitative estimate of drug-likeness (QED) is 0.773. The van der Waals surface area contributed by atoms with E-state index in [1.54, 1.807) is 9.80 Å². The number of hydrogen-bond donors (Lipinski definition) is 1. The molecule has 2 aromatic rings. The largest absolute Gasteiger partial charge is 0.378 e. The molecule has 1 saturated heterocycles. The molecule has 28 heavy (non-hydrogen) atoms. The number of aromatic amines is 1. The maximum atomic E-state index is 14.3. The molecule has 1 fully saturated rings. The highest BCUT2D eigenvalue weighted by molar-refractivity contribution is 9.10. The summed E-state index contributed by atoms with van der Waals surface area (Å²) < 4.78 is 20.6. The van der Waals surface area contributed by atoms with Crippen LogP contribution >= 0.6 is 15.9 Å². The number of halogens is 2. The third-order valence-corrected chi connectivity index (χ3v) is 5.83. The monoisotopic (exact) mass is 450 g/mol. The topological polar surface area (TPSA) is 78.5 Å². The van der Waals surface area contributed by atoms with Crippen molar-refractivity contribution < 1.29 is 13.9 Å². The highest BCUT2D eigenvalue weighted by atomic mass is 79.9. The van der Waals surface area contributed by atoms with Gasteiger partial charge in [0.2, 0.25) is 11.7 Å². The highest BCUT2D eigenvalue weighted by Crippen LogP contribution is 2.37. The second-order valence-electron chi connectivity index (χ2n) is 6.98. The van der Waals surface area contributed by atoms with Crippen molar-refractivity contribution >= 4 is 33.3 Å². The Balaban J connectivity index is 1.61. The zero-order valence-corrected chi connectivity index (χ0v) is 17.0. The van der Waals surface area contributed by atoms with E-state index in [1.165, 1.54) is 0 Å². The van der Waals surface area contributed by atoms with Gasteiger partial charge in [0.15, 0.2) is 5.82 Å². The lowest BCUT2D eigenvalue weighted by molar-refractivity contribution is -0.118. The maximum absolute atomic E-state index is 14.3. The number of ether oxygens (including phenoxy) is 1. The van der Waals surface area contributed by atoms with Crippen LogP contribution in [0.3, 0.4) is 0 Å². The molecule has 0 radical (unpaired) electrons. The van der Waals surface area contributed by atoms with Crippen molar-refractivity contribution in [2.24, 2.45) is 0 Å². The normalized spacial score (nSPS) is 19.0. The Hall–Kier alpha value is -2.26. The first kappa shape index (κ1) is 19.1. The molecule has 9 heteroatoms. The molecular formula is C19H20BrFN4O3. The molecule has 148 valence electrons. The van der Waals surface area contributed by atoms with Gasteiger partial charge in [-0.1, -0.05) is 22.0 Å². The lowest BCUT2D eigenvalue weighted by Gasteiger charge is -2.28. The molecule has 1 aromatic heterocycles. The third-order valence-electron chi connectivity index (χ3n) is 5.09. The Morgan fingerprint density at radius 1 is 1.39 bits per heavy atom. The first-order chi connectivity index (χ1) is 13.5. The van der Waals surface area contributed by atoms with Gasteiger partial charge in [0.1, 0.15) is 5.82 Å². The number of hydrogen-bond acceptors (Lipinski definition) is 5. The molecule has 7 nitrogen and oxygen atoms in total. The molecule has 1 atom stereocenters. The zero-order chi connectivity index (χ0) is 19.8. The van der Waals surface area contributed by atoms with Crippen LogP contribution in [0.15, 0.2) is 27.5 Å². The van der Waals surface area contributed by atoms with Crippen LogP contribution < -0.4 is 15.4 Å². The van der Waals surface area contributed by atoms with Crippen LogP contribution in [0.4, 0.5) is 15.9 Å². The Morgan fingerprint density at radius 2 is 2.14 bits per heavy atom. The Morgan fingerprint density at radius 3 is 2.89 bits per heavy atom. The van der Waals surface area contributed by atoms with Crippen molar-refractivity contribution in [2.75, 3.05) is 36.1 Å². The van der Waals surface area contributed by atoms with Crippen LogP contribution in [0.5, 0.6) is 0 Å². The van der Waals surface area contributed by atoms with Gasteiger partial charge in [0, 0.05) is 29.3 Å². The van der Waals surface area contributed by atoms with Crippen LogP contribution in [0.25, 0.3) is 0 Å². The number of anilines is 2. The second-order valence-corrected chi connectivity index (χ2v) is 7.84. The van der Waals surface area contributed by atoms with E-state index in [-0.39, 0.29) is 30.0 Å². The van der Waals surface area contributed by atoms with Gasteiger partial charge in [0.25, 0.3) is 5.56 Å². The Kier molecular flexibility index (Phi) is 5.20. The van der Waals surface area contributed by atoms with E-state index in [2.05, 4.69) is 25.9 Å². The molecular weight excluding hydrogens is 431 g/mol. The molecule has 0 bridgehead atoms. The van der Waals surface area contributed by atoms with Gasteiger partial charge in [-0.2, -0.15) is 4.39 Å². The number of nitrogens with zero attached hydrogens (tertiary/aromatic N) is 3. The second kappa shape index (κ2) is 7.63. The molecule has 2 aliphatic heterocycles. The van der Waals surface area contributed by atoms with Gasteiger partial charge in [-0.15, -0.1) is 0 Å². The van der Waals surface area contributed by atoms with Crippen LogP contribution in [-0.4, -0.2) is 48.2 Å². The first-order valence-corrected chi connectivity index (χ1v) is 9.96. The summed E-state index contributed by atoms with van der Waals surface area (Å²) in [4.78, 5) is 35.1. The van der Waals surface area contributed by atoms with Gasteiger partial charge in [-0.3, -0.25) is 9.59 Å². The predicted octanol–water partition coefficient (Wildman–Crippen LogP) is 2.03. The summed E-state index contributed by atoms with van der Waals surface area (Å²) in [6.45, 7) is 3.76. The number of nitrogens with one attached hydrogen (secondary N) is 1. The van der Waals surface area contributed by atoms with Crippen LogP contribution in [0, 0.1) is 5.82 Å². The van der Waals surface area contributed by atoms with Gasteiger partial charge in [-0.05, 0) is 31.0 Å². The summed E-state index contributed by atoms with van der Waals surface area (Å²) >= 11 is 3.53. The number of aromatic nitrogens is 2. The van der Waals surface area contributed by atoms with E-state index < -0.39 is 11.4 Å². The van der Waals surface area contributed by atoms with Crippen molar-refractivity contribution in [2.45, 2.75) is 25.8 Å². The summed E-state index contributed by atoms with van der Waals surface area (Å²) in [5, 5.41) is 0. The number of carbonyl (C=O) groups is 1. The maximum Gasteiger partial charge on any atom is 0.289 e. The van der Waals surface area contributed by atoms with Crippen LogP contribution in [-0.2, 0) is 22.4 Å². The molecule has 0 saturated carbocycles. The molecule has 4 rings (SSSR count). The fourth-order valence-corrected chi connectivity index (χ4v) is 4.29. The van der Waals surface area contributed by atoms with Gasteiger partial charge < -0.3 is 19.5 Å². The summed E-state index contributed by atoms with van der Waals surface area (Å²) in [6, 6.07) is 5.73. The average molecular weight is 451 g/mol. The minimum Gasteiger partial charge on any atom is -0.378 e. The van der Waals surface area contributed by atoms with Gasteiger partial charge in [-0.25, -0.2) is 4.98 Å². The van der Waals surface area contributed by atoms with Crippen LogP contribution in [0.2, 0.25) is 0 Å². The summed E-state index contributed by atoms with van der Waals surface area (Å²) in [5.41, 5.74) is 1.07. The standard InChI is InChI=1S/C19H20BrFN4O3/c1-11-9-12-13(20)3-2-4-14(12)25(11)16(26)10-15-22-18(17(21)19(27)23-15)24-5-7-28-8-6-24/h2-4,11H,5-10H2,1H3,(H,22,23,27)/t11-/m0/s1. The molecule has 1 N–H and O–H groups in total. The summed E-state index contributed by atoms with van der Waals surface area (Å²) in [5.74, 6) is -0.977. The molecule has 3 heterocycles. The molecule has 0 unspecified atom stereocenters. The fraction of sp³-hybridized carbons (Fsp3) is 0.421. The number of benzene rings is 1. The number of H-pyrrole nitrogens is 1. The number of fused-ring (bicyclic) bond motifs is 1. The minimum absolute atomic E-state index is 0.00733. The van der Waals surface area contributed by atoms with Crippen molar-refractivity contribution in [1.82, 2.24) is 9.97 Å². The Labute approximate surface area is 169 Å². The Bertz CT molecular complexity index is 974. The summed E-state index contributed by atoms with van der Waals surface area (Å²) in [7, 11) is 0.